The molecule has 12 heteroatoms. The van der Waals surface area contributed by atoms with Crippen LogP contribution in [0.2, 0.25) is 5.02 Å². The maximum absolute atomic E-state index is 15.0. The van der Waals surface area contributed by atoms with Gasteiger partial charge in [0, 0.05) is 31.4 Å². The number of alkyl halides is 3. The number of carbonyl (C=O) groups excluding carboxylic acids is 2. The summed E-state index contributed by atoms with van der Waals surface area (Å²) in [5, 5.41) is -0.336. The van der Waals surface area contributed by atoms with Gasteiger partial charge in [0.2, 0.25) is 17.7 Å². The number of anilines is 1. The van der Waals surface area contributed by atoms with E-state index in [1.54, 1.807) is 4.90 Å². The fraction of sp³-hybridized carbons (Fsp3) is 0.450. The first kappa shape index (κ1) is 24.5. The van der Waals surface area contributed by atoms with Crippen LogP contribution >= 0.6 is 24.0 Å². The van der Waals surface area contributed by atoms with E-state index in [0.717, 1.165) is 12.3 Å². The minimum absolute atomic E-state index is 0. The molecule has 2 fully saturated rings. The molecule has 1 aromatic heterocycles. The van der Waals surface area contributed by atoms with Crippen molar-refractivity contribution < 1.29 is 27.2 Å². The zero-order valence-corrected chi connectivity index (χ0v) is 18.1. The number of carbonyl (C=O) groups is 2. The Bertz CT molecular complexity index is 1150. The van der Waals surface area contributed by atoms with Crippen LogP contribution in [0.4, 0.5) is 23.2 Å². The minimum atomic E-state index is -3.70. The van der Waals surface area contributed by atoms with Crippen LogP contribution in [0.1, 0.15) is 35.7 Å². The van der Waals surface area contributed by atoms with E-state index in [0.29, 0.717) is 32.4 Å². The van der Waals surface area contributed by atoms with E-state index in [9.17, 15) is 31.9 Å². The molecule has 32 heavy (non-hydrogen) atoms. The van der Waals surface area contributed by atoms with Crippen molar-refractivity contribution >= 4 is 52.2 Å². The van der Waals surface area contributed by atoms with Crippen LogP contribution in [0, 0.1) is 5.82 Å². The van der Waals surface area contributed by atoms with Crippen LogP contribution in [0.3, 0.4) is 0 Å². The number of aromatic nitrogens is 1. The lowest BCUT2D eigenvalue weighted by Crippen LogP contribution is -2.34. The number of hydrogen-bond donors (Lipinski definition) is 1. The van der Waals surface area contributed by atoms with Crippen LogP contribution in [0.25, 0.3) is 10.9 Å². The van der Waals surface area contributed by atoms with Crippen LogP contribution < -0.4 is 16.1 Å². The molecule has 0 bridgehead atoms. The number of ketones is 2. The van der Waals surface area contributed by atoms with Gasteiger partial charge >= 0.3 is 0 Å². The smallest absolute Gasteiger partial charge is 0.299 e. The molecule has 2 aromatic rings. The van der Waals surface area contributed by atoms with Gasteiger partial charge in [-0.05, 0) is 25.3 Å². The second-order valence-electron chi connectivity index (χ2n) is 7.85. The molecule has 174 valence electrons. The van der Waals surface area contributed by atoms with Crippen molar-refractivity contribution in [1.29, 1.82) is 0 Å². The lowest BCUT2D eigenvalue weighted by molar-refractivity contribution is -0.132. The summed E-state index contributed by atoms with van der Waals surface area (Å²) in [6, 6.07) is 0.557. The van der Waals surface area contributed by atoms with Crippen molar-refractivity contribution in [2.45, 2.75) is 43.9 Å². The normalized spacial score (nSPS) is 19.3. The third kappa shape index (κ3) is 4.11. The molecule has 1 aliphatic carbocycles. The van der Waals surface area contributed by atoms with Gasteiger partial charge in [-0.25, -0.2) is 17.6 Å². The molecule has 1 aromatic carbocycles. The van der Waals surface area contributed by atoms with Crippen molar-refractivity contribution in [3.63, 3.8) is 0 Å². The fourth-order valence-electron chi connectivity index (χ4n) is 3.90. The average molecular weight is 496 g/mol. The molecule has 1 aliphatic heterocycles. The number of fused-ring (bicyclic) bond motifs is 1. The molecule has 2 heterocycles. The molecule has 4 rings (SSSR count). The number of pyridine rings is 1. The highest BCUT2D eigenvalue weighted by Gasteiger charge is 2.37. The quantitative estimate of drug-likeness (QED) is 0.377. The highest BCUT2D eigenvalue weighted by molar-refractivity contribution is 6.38. The van der Waals surface area contributed by atoms with Crippen molar-refractivity contribution in [1.82, 2.24) is 4.57 Å². The Hall–Kier alpha value is -2.17. The van der Waals surface area contributed by atoms with E-state index in [4.69, 9.17) is 17.3 Å². The first-order chi connectivity index (χ1) is 14.6. The molecule has 1 saturated heterocycles. The number of hydrogen-bond acceptors (Lipinski definition) is 5. The number of rotatable bonds is 6. The van der Waals surface area contributed by atoms with Crippen LogP contribution in [0.15, 0.2) is 17.1 Å². The topological polar surface area (TPSA) is 85.4 Å². The molecular weight excluding hydrogens is 477 g/mol. The highest BCUT2D eigenvalue weighted by atomic mass is 35.5. The minimum Gasteiger partial charge on any atom is -0.366 e. The van der Waals surface area contributed by atoms with Crippen LogP contribution in [-0.4, -0.2) is 47.9 Å². The van der Waals surface area contributed by atoms with E-state index in [2.05, 4.69) is 0 Å². The van der Waals surface area contributed by atoms with E-state index in [-0.39, 0.29) is 46.1 Å². The average Bonchev–Trinajstić information content (AvgIpc) is 3.48. The molecule has 0 spiro atoms. The summed E-state index contributed by atoms with van der Waals surface area (Å²) >= 11 is 6.52. The molecule has 6 nitrogen and oxygen atoms in total. The van der Waals surface area contributed by atoms with Gasteiger partial charge in [0.05, 0.1) is 27.2 Å². The predicted molar refractivity (Wildman–Crippen MR) is 114 cm³/mol. The summed E-state index contributed by atoms with van der Waals surface area (Å²) in [6.45, 7) is 0.832. The molecular formula is C20H19Cl2F4N3O3. The molecule has 0 amide bonds. The summed E-state index contributed by atoms with van der Waals surface area (Å²) < 4.78 is 55.6. The van der Waals surface area contributed by atoms with Crippen LogP contribution in [0.5, 0.6) is 0 Å². The monoisotopic (exact) mass is 495 g/mol. The Morgan fingerprint density at radius 3 is 2.38 bits per heavy atom. The summed E-state index contributed by atoms with van der Waals surface area (Å²) in [7, 11) is 0. The third-order valence-electron chi connectivity index (χ3n) is 5.63. The Morgan fingerprint density at radius 2 is 1.84 bits per heavy atom. The number of nitrogens with zero attached hydrogens (tertiary/aromatic N) is 2. The molecule has 0 radical (unpaired) electrons. The summed E-state index contributed by atoms with van der Waals surface area (Å²) in [5.74, 6) is -4.73. The van der Waals surface area contributed by atoms with E-state index in [1.165, 1.54) is 4.57 Å². The molecule has 2 unspecified atom stereocenters. The third-order valence-corrected chi connectivity index (χ3v) is 5.98. The maximum atomic E-state index is 15.0. The molecule has 1 saturated carbocycles. The summed E-state index contributed by atoms with van der Waals surface area (Å²) in [5.41, 5.74) is 4.26. The Kier molecular flexibility index (Phi) is 6.88. The Morgan fingerprint density at radius 1 is 1.19 bits per heavy atom. The van der Waals surface area contributed by atoms with Crippen molar-refractivity contribution in [2.75, 3.05) is 18.0 Å². The summed E-state index contributed by atoms with van der Waals surface area (Å²) in [4.78, 5) is 38.1. The van der Waals surface area contributed by atoms with Crippen LogP contribution in [-0.2, 0) is 4.79 Å². The van der Waals surface area contributed by atoms with E-state index in [1.807, 2.05) is 0 Å². The van der Waals surface area contributed by atoms with E-state index >= 15 is 0 Å². The highest BCUT2D eigenvalue weighted by Crippen LogP contribution is 2.42. The standard InChI is InChI=1S/C20H18ClF4N3O3.ClH/c21-13-15-10(5-12(22)16(13)27-4-3-8(26)6-27)17(29)11(7-28(15)9-1-2-9)18(30)14(23)19(31)20(24)25;/h5,7-9,14,20H,1-4,6,26H2;1H. The van der Waals surface area contributed by atoms with Gasteiger partial charge in [-0.1, -0.05) is 11.6 Å². The lowest BCUT2D eigenvalue weighted by atomic mass is 10.0. The van der Waals surface area contributed by atoms with E-state index < -0.39 is 41.0 Å². The number of halogens is 6. The first-order valence-electron chi connectivity index (χ1n) is 9.69. The van der Waals surface area contributed by atoms with Gasteiger partial charge in [-0.3, -0.25) is 14.4 Å². The first-order valence-corrected chi connectivity index (χ1v) is 10.1. The van der Waals surface area contributed by atoms with Crippen molar-refractivity contribution in [2.24, 2.45) is 5.73 Å². The molecule has 2 aliphatic rings. The SMILES string of the molecule is Cl.NC1CCN(c2c(F)cc3c(=O)c(C(=O)C(F)C(=O)C(F)F)cn(C4CC4)c3c2Cl)C1. The zero-order valence-electron chi connectivity index (χ0n) is 16.5. The second-order valence-corrected chi connectivity index (χ2v) is 8.23. The maximum Gasteiger partial charge on any atom is 0.299 e. The molecule has 2 atom stereocenters. The largest absolute Gasteiger partial charge is 0.366 e. The fourth-order valence-corrected chi connectivity index (χ4v) is 4.31. The predicted octanol–water partition coefficient (Wildman–Crippen LogP) is 3.44. The number of Topliss-reactive ketones (excluding diaryl/α,β-unsaturated/α-hetero) is 2. The second kappa shape index (κ2) is 8.99. The van der Waals surface area contributed by atoms with Gasteiger partial charge in [-0.2, -0.15) is 0 Å². The number of benzene rings is 1. The Balaban J connectivity index is 0.00000289. The van der Waals surface area contributed by atoms with Gasteiger partial charge < -0.3 is 15.2 Å². The summed E-state index contributed by atoms with van der Waals surface area (Å²) in [6.07, 6.45) is -3.91. The van der Waals surface area contributed by atoms with Gasteiger partial charge in [0.25, 0.3) is 6.43 Å². The van der Waals surface area contributed by atoms with Gasteiger partial charge in [0.15, 0.2) is 5.43 Å². The van der Waals surface area contributed by atoms with Gasteiger partial charge in [0.1, 0.15) is 5.82 Å². The van der Waals surface area contributed by atoms with Crippen molar-refractivity contribution in [3.05, 3.63) is 38.9 Å². The zero-order chi connectivity index (χ0) is 22.6. The van der Waals surface area contributed by atoms with Gasteiger partial charge in [-0.15, -0.1) is 12.4 Å². The lowest BCUT2D eigenvalue weighted by Gasteiger charge is -2.23. The number of nitrogens with two attached hydrogens (primary N) is 1. The Labute approximate surface area is 190 Å². The molecule has 2 N–H and O–H groups in total. The van der Waals surface area contributed by atoms with Crippen molar-refractivity contribution in [3.8, 4) is 0 Å².